The molecule has 0 bridgehead atoms. The number of nitrogens with zero attached hydrogens (tertiary/aromatic N) is 2. The fourth-order valence-corrected chi connectivity index (χ4v) is 3.55. The van der Waals surface area contributed by atoms with Gasteiger partial charge in [-0.15, -0.1) is 0 Å². The van der Waals surface area contributed by atoms with E-state index in [-0.39, 0.29) is 29.7 Å². The molecule has 0 fully saturated rings. The fourth-order valence-electron chi connectivity index (χ4n) is 3.55. The van der Waals surface area contributed by atoms with Gasteiger partial charge in [-0.3, -0.25) is 14.4 Å². The topological polar surface area (TPSA) is 106 Å². The Hall–Kier alpha value is -2.01. The Labute approximate surface area is 181 Å². The van der Waals surface area contributed by atoms with Gasteiger partial charge in [0.2, 0.25) is 5.78 Å². The molecule has 0 saturated carbocycles. The molecule has 7 heteroatoms. The summed E-state index contributed by atoms with van der Waals surface area (Å²) in [4.78, 5) is 37.8. The SMILES string of the molecule is CCCCCC(CCCC(CCCCCCC(=O)OCC)C(=O)C=[N+]=[N-])OC(C)=O. The summed E-state index contributed by atoms with van der Waals surface area (Å²) in [6.07, 6.45) is 11.9. The molecule has 0 N–H and O–H groups in total. The highest BCUT2D eigenvalue weighted by atomic mass is 16.5. The molecule has 0 aliphatic rings. The van der Waals surface area contributed by atoms with Crippen molar-refractivity contribution < 1.29 is 28.6 Å². The van der Waals surface area contributed by atoms with E-state index in [2.05, 4.69) is 11.7 Å². The van der Waals surface area contributed by atoms with Crippen molar-refractivity contribution in [1.82, 2.24) is 0 Å². The molecule has 172 valence electrons. The molecule has 0 rings (SSSR count). The lowest BCUT2D eigenvalue weighted by Crippen LogP contribution is -2.19. The van der Waals surface area contributed by atoms with E-state index < -0.39 is 0 Å². The van der Waals surface area contributed by atoms with E-state index in [1.807, 2.05) is 0 Å². The standard InChI is InChI=1S/C23H40N2O5/c1-4-6-9-15-21(30-19(3)26)16-12-14-20(22(27)18-25-24)13-10-7-8-11-17-23(28)29-5-2/h18,20-21H,4-17H2,1-3H3. The average Bonchev–Trinajstić information content (AvgIpc) is 2.69. The monoisotopic (exact) mass is 424 g/mol. The van der Waals surface area contributed by atoms with Crippen molar-refractivity contribution in [3.8, 4) is 0 Å². The van der Waals surface area contributed by atoms with Crippen LogP contribution in [0, 0.1) is 5.92 Å². The maximum Gasteiger partial charge on any atom is 0.323 e. The van der Waals surface area contributed by atoms with E-state index in [4.69, 9.17) is 15.0 Å². The number of carbonyl (C=O) groups is 3. The maximum atomic E-state index is 12.2. The number of hydrogen-bond donors (Lipinski definition) is 0. The molecule has 0 aromatic carbocycles. The zero-order chi connectivity index (χ0) is 22.6. The molecule has 0 spiro atoms. The highest BCUT2D eigenvalue weighted by Gasteiger charge is 2.21. The summed E-state index contributed by atoms with van der Waals surface area (Å²) in [5, 5.41) is 0. The summed E-state index contributed by atoms with van der Waals surface area (Å²) in [5.74, 6) is -0.788. The van der Waals surface area contributed by atoms with Crippen LogP contribution in [-0.2, 0) is 23.9 Å². The molecule has 2 atom stereocenters. The van der Waals surface area contributed by atoms with Crippen LogP contribution in [0.25, 0.3) is 5.53 Å². The van der Waals surface area contributed by atoms with Crippen molar-refractivity contribution in [1.29, 1.82) is 0 Å². The lowest BCUT2D eigenvalue weighted by atomic mass is 9.90. The van der Waals surface area contributed by atoms with Gasteiger partial charge in [0.05, 0.1) is 6.61 Å². The largest absolute Gasteiger partial charge is 0.466 e. The third-order valence-corrected chi connectivity index (χ3v) is 5.12. The van der Waals surface area contributed by atoms with E-state index in [0.29, 0.717) is 19.4 Å². The first-order chi connectivity index (χ1) is 14.4. The van der Waals surface area contributed by atoms with Gasteiger partial charge in [0.1, 0.15) is 6.10 Å². The van der Waals surface area contributed by atoms with Crippen LogP contribution in [0.4, 0.5) is 0 Å². The summed E-state index contributed by atoms with van der Waals surface area (Å²) in [6.45, 7) is 5.77. The highest BCUT2D eigenvalue weighted by molar-refractivity contribution is 6.26. The van der Waals surface area contributed by atoms with Gasteiger partial charge >= 0.3 is 18.2 Å². The lowest BCUT2D eigenvalue weighted by Gasteiger charge is -2.18. The highest BCUT2D eigenvalue weighted by Crippen LogP contribution is 2.21. The zero-order valence-electron chi connectivity index (χ0n) is 19.1. The van der Waals surface area contributed by atoms with Crippen molar-refractivity contribution in [3.63, 3.8) is 0 Å². The second-order valence-corrected chi connectivity index (χ2v) is 7.76. The summed E-state index contributed by atoms with van der Waals surface area (Å²) >= 11 is 0. The molecule has 0 aliphatic heterocycles. The number of unbranched alkanes of at least 4 members (excludes halogenated alkanes) is 5. The normalized spacial score (nSPS) is 12.5. The Morgan fingerprint density at radius 1 is 0.900 bits per heavy atom. The Morgan fingerprint density at radius 2 is 1.53 bits per heavy atom. The second kappa shape index (κ2) is 19.0. The maximum absolute atomic E-state index is 12.2. The third-order valence-electron chi connectivity index (χ3n) is 5.12. The number of Topliss-reactive ketones (excluding diaryl/α,β-unsaturated/α-hetero) is 1. The van der Waals surface area contributed by atoms with Crippen LogP contribution in [0.3, 0.4) is 0 Å². The molecule has 0 amide bonds. The van der Waals surface area contributed by atoms with Crippen LogP contribution in [0.1, 0.15) is 104 Å². The van der Waals surface area contributed by atoms with Crippen molar-refractivity contribution in [3.05, 3.63) is 5.53 Å². The molecule has 0 saturated heterocycles. The number of carbonyl (C=O) groups excluding carboxylic acids is 3. The first-order valence-corrected chi connectivity index (χ1v) is 11.5. The van der Waals surface area contributed by atoms with Gasteiger partial charge in [-0.25, -0.2) is 0 Å². The number of esters is 2. The minimum absolute atomic E-state index is 0.0980. The van der Waals surface area contributed by atoms with E-state index in [9.17, 15) is 14.4 Å². The summed E-state index contributed by atoms with van der Waals surface area (Å²) < 4.78 is 10.3. The Bertz CT molecular complexity index is 544. The third kappa shape index (κ3) is 15.9. The molecule has 0 heterocycles. The van der Waals surface area contributed by atoms with Gasteiger partial charge in [-0.2, -0.15) is 4.79 Å². The summed E-state index contributed by atoms with van der Waals surface area (Å²) in [7, 11) is 0. The lowest BCUT2D eigenvalue weighted by molar-refractivity contribution is -0.147. The van der Waals surface area contributed by atoms with Gasteiger partial charge in [-0.05, 0) is 51.9 Å². The first kappa shape index (κ1) is 28.0. The fraction of sp³-hybridized carbons (Fsp3) is 0.826. The molecule has 0 aliphatic carbocycles. The Morgan fingerprint density at radius 3 is 2.17 bits per heavy atom. The van der Waals surface area contributed by atoms with Gasteiger partial charge in [0, 0.05) is 19.3 Å². The van der Waals surface area contributed by atoms with E-state index in [0.717, 1.165) is 76.8 Å². The second-order valence-electron chi connectivity index (χ2n) is 7.76. The Kier molecular flexibility index (Phi) is 17.7. The van der Waals surface area contributed by atoms with E-state index >= 15 is 0 Å². The van der Waals surface area contributed by atoms with Crippen LogP contribution in [-0.4, -0.2) is 41.4 Å². The molecule has 7 nitrogen and oxygen atoms in total. The van der Waals surface area contributed by atoms with Crippen LogP contribution < -0.4 is 0 Å². The molecular weight excluding hydrogens is 384 g/mol. The van der Waals surface area contributed by atoms with Gasteiger partial charge in [-0.1, -0.05) is 39.0 Å². The van der Waals surface area contributed by atoms with Crippen molar-refractivity contribution in [2.24, 2.45) is 5.92 Å². The van der Waals surface area contributed by atoms with Crippen molar-refractivity contribution in [2.75, 3.05) is 6.61 Å². The molecule has 0 radical (unpaired) electrons. The molecule has 30 heavy (non-hydrogen) atoms. The van der Waals surface area contributed by atoms with Crippen molar-refractivity contribution >= 4 is 23.9 Å². The van der Waals surface area contributed by atoms with Gasteiger partial charge in [0.15, 0.2) is 0 Å². The van der Waals surface area contributed by atoms with Crippen LogP contribution in [0.15, 0.2) is 0 Å². The quantitative estimate of drug-likeness (QED) is 0.0947. The Balaban J connectivity index is 4.37. The summed E-state index contributed by atoms with van der Waals surface area (Å²) in [6, 6.07) is 0. The summed E-state index contributed by atoms with van der Waals surface area (Å²) in [5.41, 5.74) is 8.70. The average molecular weight is 425 g/mol. The van der Waals surface area contributed by atoms with Gasteiger partial charge in [0.25, 0.3) is 0 Å². The predicted octanol–water partition coefficient (Wildman–Crippen LogP) is 5.06. The molecule has 0 aromatic rings. The minimum atomic E-state index is -0.264. The number of ketones is 1. The predicted molar refractivity (Wildman–Crippen MR) is 116 cm³/mol. The minimum Gasteiger partial charge on any atom is -0.466 e. The van der Waals surface area contributed by atoms with E-state index in [1.165, 1.54) is 6.92 Å². The zero-order valence-corrected chi connectivity index (χ0v) is 19.1. The first-order valence-electron chi connectivity index (χ1n) is 11.5. The number of rotatable bonds is 19. The van der Waals surface area contributed by atoms with Crippen LogP contribution in [0.5, 0.6) is 0 Å². The number of hydrogen-bond acceptors (Lipinski definition) is 5. The van der Waals surface area contributed by atoms with Crippen LogP contribution >= 0.6 is 0 Å². The molecule has 2 unspecified atom stereocenters. The van der Waals surface area contributed by atoms with Crippen LogP contribution in [0.2, 0.25) is 0 Å². The van der Waals surface area contributed by atoms with Gasteiger partial charge < -0.3 is 15.0 Å². The van der Waals surface area contributed by atoms with Crippen molar-refractivity contribution in [2.45, 2.75) is 110 Å². The molecule has 0 aromatic heterocycles. The molecular formula is C23H40N2O5. The number of ether oxygens (including phenoxy) is 2. The van der Waals surface area contributed by atoms with E-state index in [1.54, 1.807) is 6.92 Å². The smallest absolute Gasteiger partial charge is 0.323 e.